The Balaban J connectivity index is 1.46. The Hall–Kier alpha value is -2.12. The Labute approximate surface area is 143 Å². The van der Waals surface area contributed by atoms with Gasteiger partial charge in [0.25, 0.3) is 0 Å². The fourth-order valence-corrected chi connectivity index (χ4v) is 3.98. The Morgan fingerprint density at radius 1 is 1.38 bits per heavy atom. The Bertz CT molecular complexity index is 761. The van der Waals surface area contributed by atoms with Gasteiger partial charge in [0.15, 0.2) is 11.5 Å². The van der Waals surface area contributed by atoms with Crippen LogP contribution in [0, 0.1) is 5.92 Å². The van der Waals surface area contributed by atoms with Gasteiger partial charge in [0.2, 0.25) is 6.79 Å². The molecule has 0 spiro atoms. The van der Waals surface area contributed by atoms with Gasteiger partial charge in [-0.05, 0) is 37.6 Å². The van der Waals surface area contributed by atoms with E-state index in [0.29, 0.717) is 13.1 Å². The minimum Gasteiger partial charge on any atom is -0.481 e. The molecule has 1 atom stereocenters. The maximum atomic E-state index is 11.2. The average Bonchev–Trinajstić information content (AvgIpc) is 3.23. The van der Waals surface area contributed by atoms with E-state index in [1.165, 1.54) is 0 Å². The largest absolute Gasteiger partial charge is 0.481 e. The maximum absolute atomic E-state index is 11.2. The van der Waals surface area contributed by atoms with Crippen molar-refractivity contribution in [3.63, 3.8) is 0 Å². The third-order valence-electron chi connectivity index (χ3n) is 4.41. The molecular formula is C17H18N2O4S. The molecule has 1 fully saturated rings. The molecule has 3 heterocycles. The first-order valence-corrected chi connectivity index (χ1v) is 8.86. The third-order valence-corrected chi connectivity index (χ3v) is 5.35. The van der Waals surface area contributed by atoms with Crippen molar-refractivity contribution in [2.75, 3.05) is 19.9 Å². The number of likely N-dealkylation sites (tertiary alicyclic amines) is 1. The summed E-state index contributed by atoms with van der Waals surface area (Å²) in [6.45, 7) is 2.50. The van der Waals surface area contributed by atoms with Crippen LogP contribution in [0.1, 0.15) is 18.5 Å². The van der Waals surface area contributed by atoms with Gasteiger partial charge in [-0.2, -0.15) is 0 Å². The summed E-state index contributed by atoms with van der Waals surface area (Å²) in [5.74, 6) is 0.567. The van der Waals surface area contributed by atoms with Gasteiger partial charge in [-0.3, -0.25) is 9.69 Å². The lowest BCUT2D eigenvalue weighted by Crippen LogP contribution is -2.38. The lowest BCUT2D eigenvalue weighted by atomic mass is 9.98. The number of hydrogen-bond acceptors (Lipinski definition) is 6. The number of nitrogens with zero attached hydrogens (tertiary/aromatic N) is 2. The van der Waals surface area contributed by atoms with Gasteiger partial charge >= 0.3 is 5.97 Å². The quantitative estimate of drug-likeness (QED) is 0.918. The molecule has 0 radical (unpaired) electrons. The molecule has 1 unspecified atom stereocenters. The zero-order valence-electron chi connectivity index (χ0n) is 13.1. The summed E-state index contributed by atoms with van der Waals surface area (Å²) in [6, 6.07) is 5.84. The van der Waals surface area contributed by atoms with Gasteiger partial charge in [0.05, 0.1) is 11.6 Å². The summed E-state index contributed by atoms with van der Waals surface area (Å²) in [6.07, 6.45) is 1.70. The van der Waals surface area contributed by atoms with Gasteiger partial charge in [-0.1, -0.05) is 0 Å². The van der Waals surface area contributed by atoms with Crippen LogP contribution in [-0.4, -0.2) is 40.8 Å². The highest BCUT2D eigenvalue weighted by molar-refractivity contribution is 7.13. The number of carboxylic acid groups (broad SMARTS) is 1. The number of rotatable bonds is 4. The second kappa shape index (κ2) is 6.41. The molecule has 7 heteroatoms. The number of carboxylic acids is 1. The normalized spacial score (nSPS) is 20.2. The molecule has 1 aromatic carbocycles. The molecule has 0 amide bonds. The van der Waals surface area contributed by atoms with Gasteiger partial charge in [-0.25, -0.2) is 4.98 Å². The molecule has 24 heavy (non-hydrogen) atoms. The number of hydrogen-bond donors (Lipinski definition) is 1. The van der Waals surface area contributed by atoms with E-state index in [1.54, 1.807) is 11.3 Å². The van der Waals surface area contributed by atoms with Crippen LogP contribution in [0.15, 0.2) is 23.6 Å². The zero-order chi connectivity index (χ0) is 16.5. The standard InChI is InChI=1S/C17H18N2O4S/c20-17(21)12-2-1-5-19(7-12)8-13-9-24-16(18-13)11-3-4-14-15(6-11)23-10-22-14/h3-4,6,9,12H,1-2,5,7-8,10H2,(H,20,21). The highest BCUT2D eigenvalue weighted by Gasteiger charge is 2.25. The van der Waals surface area contributed by atoms with Crippen LogP contribution in [0.3, 0.4) is 0 Å². The molecule has 0 saturated carbocycles. The van der Waals surface area contributed by atoms with Crippen molar-refractivity contribution in [1.29, 1.82) is 0 Å². The highest BCUT2D eigenvalue weighted by Crippen LogP contribution is 2.36. The number of thiazole rings is 1. The molecule has 2 aliphatic heterocycles. The van der Waals surface area contributed by atoms with Gasteiger partial charge in [0, 0.05) is 24.0 Å². The van der Waals surface area contributed by atoms with Crippen LogP contribution < -0.4 is 9.47 Å². The van der Waals surface area contributed by atoms with Crippen molar-refractivity contribution in [1.82, 2.24) is 9.88 Å². The number of aromatic nitrogens is 1. The van der Waals surface area contributed by atoms with E-state index in [0.717, 1.165) is 47.2 Å². The second-order valence-corrected chi connectivity index (χ2v) is 6.98. The Morgan fingerprint density at radius 3 is 3.12 bits per heavy atom. The predicted molar refractivity (Wildman–Crippen MR) is 89.3 cm³/mol. The van der Waals surface area contributed by atoms with Crippen molar-refractivity contribution in [3.05, 3.63) is 29.3 Å². The number of piperidine rings is 1. The SMILES string of the molecule is O=C(O)C1CCCN(Cc2csc(-c3ccc4c(c3)OCO4)n2)C1. The minimum absolute atomic E-state index is 0.259. The van der Waals surface area contributed by atoms with E-state index in [4.69, 9.17) is 14.5 Å². The summed E-state index contributed by atoms with van der Waals surface area (Å²) < 4.78 is 10.7. The monoisotopic (exact) mass is 346 g/mol. The first-order valence-electron chi connectivity index (χ1n) is 7.98. The summed E-state index contributed by atoms with van der Waals surface area (Å²) in [4.78, 5) is 18.1. The molecule has 1 N–H and O–H groups in total. The Kier molecular flexibility index (Phi) is 4.12. The minimum atomic E-state index is -0.695. The zero-order valence-corrected chi connectivity index (χ0v) is 13.9. The van der Waals surface area contributed by atoms with Crippen LogP contribution in [0.4, 0.5) is 0 Å². The van der Waals surface area contributed by atoms with Crippen molar-refractivity contribution in [2.24, 2.45) is 5.92 Å². The number of benzene rings is 1. The molecule has 126 valence electrons. The van der Waals surface area contributed by atoms with Crippen molar-refractivity contribution in [2.45, 2.75) is 19.4 Å². The van der Waals surface area contributed by atoms with Crippen LogP contribution in [0.2, 0.25) is 0 Å². The second-order valence-electron chi connectivity index (χ2n) is 6.12. The predicted octanol–water partition coefficient (Wildman–Crippen LogP) is 2.84. The van der Waals surface area contributed by atoms with E-state index < -0.39 is 5.97 Å². The summed E-state index contributed by atoms with van der Waals surface area (Å²) in [5.41, 5.74) is 2.00. The molecule has 0 bridgehead atoms. The van der Waals surface area contributed by atoms with Crippen molar-refractivity contribution in [3.8, 4) is 22.1 Å². The number of carbonyl (C=O) groups is 1. The van der Waals surface area contributed by atoms with Crippen molar-refractivity contribution < 1.29 is 19.4 Å². The number of ether oxygens (including phenoxy) is 2. The van der Waals surface area contributed by atoms with E-state index in [-0.39, 0.29) is 12.7 Å². The smallest absolute Gasteiger partial charge is 0.307 e. The maximum Gasteiger partial charge on any atom is 0.307 e. The number of aliphatic carboxylic acids is 1. The van der Waals surface area contributed by atoms with Crippen LogP contribution in [0.5, 0.6) is 11.5 Å². The topological polar surface area (TPSA) is 71.9 Å². The fraction of sp³-hybridized carbons (Fsp3) is 0.412. The highest BCUT2D eigenvalue weighted by atomic mass is 32.1. The molecule has 2 aromatic rings. The Morgan fingerprint density at radius 2 is 2.25 bits per heavy atom. The molecule has 2 aliphatic rings. The number of fused-ring (bicyclic) bond motifs is 1. The van der Waals surface area contributed by atoms with Crippen LogP contribution in [0.25, 0.3) is 10.6 Å². The first kappa shape index (κ1) is 15.4. The summed E-state index contributed by atoms with van der Waals surface area (Å²) >= 11 is 1.59. The summed E-state index contributed by atoms with van der Waals surface area (Å²) in [5, 5.41) is 12.2. The summed E-state index contributed by atoms with van der Waals surface area (Å²) in [7, 11) is 0. The fourth-order valence-electron chi connectivity index (χ4n) is 3.17. The van der Waals surface area contributed by atoms with Crippen LogP contribution in [-0.2, 0) is 11.3 Å². The lowest BCUT2D eigenvalue weighted by molar-refractivity contribution is -0.143. The molecular weight excluding hydrogens is 328 g/mol. The van der Waals surface area contributed by atoms with Crippen LogP contribution >= 0.6 is 11.3 Å². The molecule has 6 nitrogen and oxygen atoms in total. The first-order chi connectivity index (χ1) is 11.7. The molecule has 0 aliphatic carbocycles. The van der Waals surface area contributed by atoms with E-state index in [9.17, 15) is 9.90 Å². The van der Waals surface area contributed by atoms with Gasteiger partial charge in [0.1, 0.15) is 5.01 Å². The van der Waals surface area contributed by atoms with Crippen molar-refractivity contribution >= 4 is 17.3 Å². The molecule has 1 saturated heterocycles. The van der Waals surface area contributed by atoms with E-state index in [2.05, 4.69) is 4.90 Å². The van der Waals surface area contributed by atoms with E-state index >= 15 is 0 Å². The van der Waals surface area contributed by atoms with Gasteiger partial charge in [-0.15, -0.1) is 11.3 Å². The molecule has 4 rings (SSSR count). The molecule has 1 aromatic heterocycles. The lowest BCUT2D eigenvalue weighted by Gasteiger charge is -2.29. The average molecular weight is 346 g/mol. The van der Waals surface area contributed by atoms with E-state index in [1.807, 2.05) is 23.6 Å². The third kappa shape index (κ3) is 3.09. The van der Waals surface area contributed by atoms with Gasteiger partial charge < -0.3 is 14.6 Å².